The van der Waals surface area contributed by atoms with Gasteiger partial charge >= 0.3 is 0 Å². The van der Waals surface area contributed by atoms with Gasteiger partial charge in [0.2, 0.25) is 0 Å². The summed E-state index contributed by atoms with van der Waals surface area (Å²) in [6.07, 6.45) is 9.95. The Morgan fingerprint density at radius 2 is 0.961 bits per heavy atom. The zero-order valence-electron chi connectivity index (χ0n) is 28.2. The van der Waals surface area contributed by atoms with Crippen LogP contribution in [-0.2, 0) is 0 Å². The van der Waals surface area contributed by atoms with E-state index in [4.69, 9.17) is 9.97 Å². The third-order valence-electron chi connectivity index (χ3n) is 9.72. The molecule has 0 aliphatic carbocycles. The molecular formula is C47H34N4. The predicted molar refractivity (Wildman–Crippen MR) is 214 cm³/mol. The smallest absolute Gasteiger partial charge is 0.0892 e. The summed E-state index contributed by atoms with van der Waals surface area (Å²) < 4.78 is 4.65. The summed E-state index contributed by atoms with van der Waals surface area (Å²) in [6, 6.07) is 51.6. The number of para-hydroxylation sites is 3. The van der Waals surface area contributed by atoms with E-state index in [2.05, 4.69) is 180 Å². The lowest BCUT2D eigenvalue weighted by atomic mass is 10.0. The zero-order valence-corrected chi connectivity index (χ0v) is 28.2. The van der Waals surface area contributed by atoms with Crippen molar-refractivity contribution >= 4 is 44.9 Å². The Morgan fingerprint density at radius 3 is 1.49 bits per heavy atom. The van der Waals surface area contributed by atoms with Gasteiger partial charge in [-0.3, -0.25) is 9.97 Å². The van der Waals surface area contributed by atoms with Crippen LogP contribution >= 0.6 is 0 Å². The monoisotopic (exact) mass is 654 g/mol. The summed E-state index contributed by atoms with van der Waals surface area (Å²) in [7, 11) is 0. The number of nitrogens with zero attached hydrogens (tertiary/aromatic N) is 4. The number of aromatic nitrogens is 4. The van der Waals surface area contributed by atoms with Gasteiger partial charge in [0.25, 0.3) is 0 Å². The van der Waals surface area contributed by atoms with E-state index < -0.39 is 0 Å². The molecule has 0 N–H and O–H groups in total. The molecule has 9 rings (SSSR count). The Morgan fingerprint density at radius 1 is 0.490 bits per heavy atom. The third kappa shape index (κ3) is 5.17. The van der Waals surface area contributed by atoms with Gasteiger partial charge in [-0.25, -0.2) is 0 Å². The minimum Gasteiger partial charge on any atom is -0.309 e. The average molecular weight is 655 g/mol. The molecule has 0 unspecified atom stereocenters. The highest BCUT2D eigenvalue weighted by molar-refractivity contribution is 6.09. The van der Waals surface area contributed by atoms with E-state index in [0.717, 1.165) is 56.2 Å². The Labute approximate surface area is 296 Å². The van der Waals surface area contributed by atoms with Gasteiger partial charge in [0.05, 0.1) is 33.6 Å². The number of hydrogen-bond acceptors (Lipinski definition) is 2. The van der Waals surface area contributed by atoms with E-state index >= 15 is 0 Å². The molecule has 0 spiro atoms. The highest BCUT2D eigenvalue weighted by Gasteiger charge is 2.16. The number of pyridine rings is 2. The molecule has 4 aromatic heterocycles. The van der Waals surface area contributed by atoms with Crippen LogP contribution < -0.4 is 0 Å². The van der Waals surface area contributed by atoms with Crippen molar-refractivity contribution in [3.8, 4) is 45.0 Å². The number of benzene rings is 5. The van der Waals surface area contributed by atoms with Crippen LogP contribution in [0.3, 0.4) is 0 Å². The number of rotatable bonds is 7. The molecule has 0 saturated carbocycles. The van der Waals surface area contributed by atoms with Crippen LogP contribution in [0, 0.1) is 0 Å². The highest BCUT2D eigenvalue weighted by atomic mass is 15.0. The normalized spacial score (nSPS) is 11.6. The lowest BCUT2D eigenvalue weighted by molar-refractivity contribution is 1.11. The van der Waals surface area contributed by atoms with Crippen molar-refractivity contribution in [2.45, 2.75) is 6.92 Å². The minimum atomic E-state index is 0.826. The van der Waals surface area contributed by atoms with Crippen LogP contribution in [0.25, 0.3) is 89.9 Å². The van der Waals surface area contributed by atoms with Crippen LogP contribution in [-0.4, -0.2) is 19.1 Å². The molecular weight excluding hydrogens is 621 g/mol. The fourth-order valence-electron chi connectivity index (χ4n) is 7.46. The SMILES string of the molecule is C=Cc1c(/C=C\C)c2ccccc2n1-c1cccc(-c2ccnc(-c3cc(-c4cccc(-n5c6ccccc6c6ccccc65)c4)ccn3)c2)c1. The van der Waals surface area contributed by atoms with Gasteiger partial charge in [-0.1, -0.05) is 97.6 Å². The van der Waals surface area contributed by atoms with E-state index in [0.29, 0.717) is 0 Å². The molecule has 0 radical (unpaired) electrons. The Bertz CT molecular complexity index is 2740. The molecule has 242 valence electrons. The molecule has 0 saturated heterocycles. The lowest BCUT2D eigenvalue weighted by Gasteiger charge is -2.12. The van der Waals surface area contributed by atoms with Crippen LogP contribution in [0.5, 0.6) is 0 Å². The Kier molecular flexibility index (Phi) is 7.48. The molecule has 0 atom stereocenters. The molecule has 0 fully saturated rings. The van der Waals surface area contributed by atoms with Gasteiger partial charge < -0.3 is 9.13 Å². The second kappa shape index (κ2) is 12.6. The first-order valence-corrected chi connectivity index (χ1v) is 17.2. The molecule has 9 aromatic rings. The van der Waals surface area contributed by atoms with Crippen LogP contribution in [0.1, 0.15) is 18.2 Å². The van der Waals surface area contributed by atoms with E-state index in [1.807, 2.05) is 18.5 Å². The summed E-state index contributed by atoms with van der Waals surface area (Å²) in [5, 5.41) is 3.71. The van der Waals surface area contributed by atoms with Crippen molar-refractivity contribution in [1.82, 2.24) is 19.1 Å². The fraction of sp³-hybridized carbons (Fsp3) is 0.0213. The van der Waals surface area contributed by atoms with Gasteiger partial charge in [0, 0.05) is 45.5 Å². The van der Waals surface area contributed by atoms with Gasteiger partial charge in [-0.2, -0.15) is 0 Å². The topological polar surface area (TPSA) is 35.6 Å². The Hall–Kier alpha value is -6.78. The first kappa shape index (κ1) is 30.3. The molecule has 51 heavy (non-hydrogen) atoms. The van der Waals surface area contributed by atoms with Gasteiger partial charge in [-0.05, 0) is 102 Å². The second-order valence-corrected chi connectivity index (χ2v) is 12.7. The second-order valence-electron chi connectivity index (χ2n) is 12.7. The molecule has 0 aliphatic heterocycles. The highest BCUT2D eigenvalue weighted by Crippen LogP contribution is 2.35. The fourth-order valence-corrected chi connectivity index (χ4v) is 7.46. The van der Waals surface area contributed by atoms with Crippen molar-refractivity contribution in [1.29, 1.82) is 0 Å². The largest absolute Gasteiger partial charge is 0.309 e. The van der Waals surface area contributed by atoms with E-state index in [1.54, 1.807) is 0 Å². The van der Waals surface area contributed by atoms with Crippen molar-refractivity contribution in [3.05, 3.63) is 182 Å². The quantitative estimate of drug-likeness (QED) is 0.171. The molecule has 4 nitrogen and oxygen atoms in total. The van der Waals surface area contributed by atoms with Crippen molar-refractivity contribution in [2.24, 2.45) is 0 Å². The number of fused-ring (bicyclic) bond motifs is 4. The number of hydrogen-bond donors (Lipinski definition) is 0. The standard InChI is InChI=1S/C47H34N4/c1-3-13-38-39-18-5-8-21-45(39)50(44(38)4-2)36-16-11-14-32(28-36)34-24-26-48-42(30-34)43-31-35(25-27-49-43)33-15-12-17-37(29-33)51-46-22-9-6-19-40(46)41-20-7-10-23-47(41)51/h3-31H,2H2,1H3/b13-3-. The van der Waals surface area contributed by atoms with Crippen molar-refractivity contribution < 1.29 is 0 Å². The maximum Gasteiger partial charge on any atom is 0.0892 e. The first-order chi connectivity index (χ1) is 25.2. The number of allylic oxidation sites excluding steroid dienone is 1. The van der Waals surface area contributed by atoms with Gasteiger partial charge in [-0.15, -0.1) is 0 Å². The molecule has 4 heterocycles. The first-order valence-electron chi connectivity index (χ1n) is 17.2. The van der Waals surface area contributed by atoms with Crippen LogP contribution in [0.2, 0.25) is 0 Å². The maximum atomic E-state index is 4.78. The van der Waals surface area contributed by atoms with E-state index in [9.17, 15) is 0 Å². The van der Waals surface area contributed by atoms with Crippen LogP contribution in [0.4, 0.5) is 0 Å². The third-order valence-corrected chi connectivity index (χ3v) is 9.72. The maximum absolute atomic E-state index is 4.78. The molecule has 4 heteroatoms. The van der Waals surface area contributed by atoms with E-state index in [1.165, 1.54) is 32.8 Å². The van der Waals surface area contributed by atoms with E-state index in [-0.39, 0.29) is 0 Å². The average Bonchev–Trinajstić information content (AvgIpc) is 3.71. The Balaban J connectivity index is 1.09. The molecule has 0 amide bonds. The summed E-state index contributed by atoms with van der Waals surface area (Å²) >= 11 is 0. The van der Waals surface area contributed by atoms with Gasteiger partial charge in [0.1, 0.15) is 0 Å². The van der Waals surface area contributed by atoms with Crippen molar-refractivity contribution in [3.63, 3.8) is 0 Å². The van der Waals surface area contributed by atoms with Gasteiger partial charge in [0.15, 0.2) is 0 Å². The van der Waals surface area contributed by atoms with Crippen molar-refractivity contribution in [2.75, 3.05) is 0 Å². The summed E-state index contributed by atoms with van der Waals surface area (Å²) in [6.45, 7) is 6.23. The lowest BCUT2D eigenvalue weighted by Crippen LogP contribution is -1.97. The zero-order chi connectivity index (χ0) is 34.3. The van der Waals surface area contributed by atoms with Crippen LogP contribution in [0.15, 0.2) is 171 Å². The molecule has 0 aliphatic rings. The summed E-state index contributed by atoms with van der Waals surface area (Å²) in [5.74, 6) is 0. The summed E-state index contributed by atoms with van der Waals surface area (Å²) in [4.78, 5) is 9.55. The molecule has 5 aromatic carbocycles. The minimum absolute atomic E-state index is 0.826. The molecule has 0 bridgehead atoms. The summed E-state index contributed by atoms with van der Waals surface area (Å²) in [5.41, 5.74) is 14.0. The predicted octanol–water partition coefficient (Wildman–Crippen LogP) is 12.2.